The summed E-state index contributed by atoms with van der Waals surface area (Å²) in [5, 5.41) is 11.4. The standard InChI is InChI=1S/C29H30N2O5/c1-18(2)36-22-16-14-21(15-17-22)31-26(19-10-12-20(13-11-19)30(3)4)25(28(33)29(31)34)27(32)23-8-6-7-9-24(23)35-5/h6-18,26,32H,1-5H3/b27-25-. The van der Waals surface area contributed by atoms with Crippen molar-refractivity contribution in [3.05, 3.63) is 89.5 Å². The number of aliphatic hydroxyl groups excluding tert-OH is 1. The third-order valence-electron chi connectivity index (χ3n) is 6.02. The number of anilines is 2. The van der Waals surface area contributed by atoms with E-state index >= 15 is 0 Å². The van der Waals surface area contributed by atoms with Crippen molar-refractivity contribution in [1.29, 1.82) is 0 Å². The predicted molar refractivity (Wildman–Crippen MR) is 141 cm³/mol. The summed E-state index contributed by atoms with van der Waals surface area (Å²) >= 11 is 0. The molecule has 7 heteroatoms. The molecule has 4 rings (SSSR count). The summed E-state index contributed by atoms with van der Waals surface area (Å²) < 4.78 is 11.1. The van der Waals surface area contributed by atoms with E-state index in [2.05, 4.69) is 0 Å². The Balaban J connectivity index is 1.89. The van der Waals surface area contributed by atoms with Gasteiger partial charge < -0.3 is 19.5 Å². The Bertz CT molecular complexity index is 1290. The Labute approximate surface area is 211 Å². The fourth-order valence-corrected chi connectivity index (χ4v) is 4.31. The summed E-state index contributed by atoms with van der Waals surface area (Å²) in [5.41, 5.74) is 2.53. The van der Waals surface area contributed by atoms with Crippen LogP contribution in [0.2, 0.25) is 0 Å². The first-order valence-corrected chi connectivity index (χ1v) is 11.7. The highest BCUT2D eigenvalue weighted by Gasteiger charge is 2.47. The van der Waals surface area contributed by atoms with Crippen LogP contribution in [0.5, 0.6) is 11.5 Å². The first kappa shape index (κ1) is 24.9. The summed E-state index contributed by atoms with van der Waals surface area (Å²) in [7, 11) is 5.36. The Hall–Kier alpha value is -4.26. The van der Waals surface area contributed by atoms with Crippen molar-refractivity contribution in [2.45, 2.75) is 26.0 Å². The molecule has 1 aliphatic rings. The molecule has 0 spiro atoms. The Morgan fingerprint density at radius 2 is 1.58 bits per heavy atom. The maximum absolute atomic E-state index is 13.4. The fraction of sp³-hybridized carbons (Fsp3) is 0.241. The molecule has 186 valence electrons. The van der Waals surface area contributed by atoms with Crippen LogP contribution in [0.15, 0.2) is 78.4 Å². The molecular formula is C29H30N2O5. The lowest BCUT2D eigenvalue weighted by atomic mass is 9.94. The highest BCUT2D eigenvalue weighted by atomic mass is 16.5. The number of carbonyl (C=O) groups is 2. The maximum atomic E-state index is 13.4. The van der Waals surface area contributed by atoms with E-state index in [1.807, 2.05) is 57.1 Å². The van der Waals surface area contributed by atoms with E-state index < -0.39 is 17.7 Å². The lowest BCUT2D eigenvalue weighted by molar-refractivity contribution is -0.132. The number of ether oxygens (including phenoxy) is 2. The SMILES string of the molecule is COc1ccccc1/C(O)=C1/C(=O)C(=O)N(c2ccc(OC(C)C)cc2)C1c1ccc(N(C)C)cc1. The van der Waals surface area contributed by atoms with Gasteiger partial charge in [-0.25, -0.2) is 0 Å². The zero-order valence-corrected chi connectivity index (χ0v) is 21.1. The Morgan fingerprint density at radius 3 is 2.17 bits per heavy atom. The molecule has 0 aliphatic carbocycles. The lowest BCUT2D eigenvalue weighted by Gasteiger charge is -2.26. The van der Waals surface area contributed by atoms with Crippen LogP contribution in [0.25, 0.3) is 5.76 Å². The topological polar surface area (TPSA) is 79.3 Å². The van der Waals surface area contributed by atoms with E-state index in [0.717, 1.165) is 5.69 Å². The number of benzene rings is 3. The number of carbonyl (C=O) groups excluding carboxylic acids is 2. The molecule has 1 N–H and O–H groups in total. The van der Waals surface area contributed by atoms with Crippen LogP contribution in [-0.2, 0) is 9.59 Å². The first-order chi connectivity index (χ1) is 17.2. The molecule has 1 saturated heterocycles. The predicted octanol–water partition coefficient (Wildman–Crippen LogP) is 5.17. The highest BCUT2D eigenvalue weighted by molar-refractivity contribution is 6.51. The van der Waals surface area contributed by atoms with Gasteiger partial charge in [-0.3, -0.25) is 14.5 Å². The maximum Gasteiger partial charge on any atom is 0.300 e. The van der Waals surface area contributed by atoms with Gasteiger partial charge in [-0.2, -0.15) is 0 Å². The molecule has 0 radical (unpaired) electrons. The monoisotopic (exact) mass is 486 g/mol. The molecular weight excluding hydrogens is 456 g/mol. The van der Waals surface area contributed by atoms with Gasteiger partial charge in [0, 0.05) is 25.5 Å². The van der Waals surface area contributed by atoms with Crippen molar-refractivity contribution < 1.29 is 24.2 Å². The number of para-hydroxylation sites is 1. The van der Waals surface area contributed by atoms with Crippen molar-refractivity contribution in [2.24, 2.45) is 0 Å². The molecule has 1 aliphatic heterocycles. The average Bonchev–Trinajstić information content (AvgIpc) is 3.14. The molecule has 1 unspecified atom stereocenters. The second-order valence-electron chi connectivity index (χ2n) is 9.02. The molecule has 0 aromatic heterocycles. The van der Waals surface area contributed by atoms with Gasteiger partial charge in [-0.05, 0) is 67.9 Å². The molecule has 1 heterocycles. The minimum atomic E-state index is -0.831. The molecule has 1 fully saturated rings. The van der Waals surface area contributed by atoms with Crippen LogP contribution in [0.1, 0.15) is 31.0 Å². The third kappa shape index (κ3) is 4.64. The van der Waals surface area contributed by atoms with E-state index in [4.69, 9.17) is 9.47 Å². The quantitative estimate of drug-likeness (QED) is 0.282. The number of hydrogen-bond donors (Lipinski definition) is 1. The smallest absolute Gasteiger partial charge is 0.300 e. The van der Waals surface area contributed by atoms with Gasteiger partial charge in [0.2, 0.25) is 0 Å². The zero-order valence-electron chi connectivity index (χ0n) is 21.1. The van der Waals surface area contributed by atoms with Crippen LogP contribution >= 0.6 is 0 Å². The van der Waals surface area contributed by atoms with Gasteiger partial charge in [0.25, 0.3) is 11.7 Å². The summed E-state index contributed by atoms with van der Waals surface area (Å²) in [4.78, 5) is 30.2. The first-order valence-electron chi connectivity index (χ1n) is 11.7. The Morgan fingerprint density at radius 1 is 0.944 bits per heavy atom. The van der Waals surface area contributed by atoms with Crippen LogP contribution in [0.3, 0.4) is 0 Å². The van der Waals surface area contributed by atoms with E-state index in [9.17, 15) is 14.7 Å². The van der Waals surface area contributed by atoms with Crippen molar-refractivity contribution >= 4 is 28.8 Å². The number of ketones is 1. The van der Waals surface area contributed by atoms with Crippen molar-refractivity contribution in [3.8, 4) is 11.5 Å². The summed E-state index contributed by atoms with van der Waals surface area (Å²) in [6, 6.07) is 20.6. The Kier molecular flexibility index (Phi) is 7.01. The average molecular weight is 487 g/mol. The molecule has 0 saturated carbocycles. The molecule has 1 amide bonds. The summed E-state index contributed by atoms with van der Waals surface area (Å²) in [6.45, 7) is 3.86. The fourth-order valence-electron chi connectivity index (χ4n) is 4.31. The van der Waals surface area contributed by atoms with Crippen molar-refractivity contribution in [3.63, 3.8) is 0 Å². The van der Waals surface area contributed by atoms with Crippen LogP contribution in [0, 0.1) is 0 Å². The summed E-state index contributed by atoms with van der Waals surface area (Å²) in [5.74, 6) is -0.702. The number of Topliss-reactive ketones (excluding diaryl/α,β-unsaturated/α-hetero) is 1. The van der Waals surface area contributed by atoms with Gasteiger partial charge in [0.15, 0.2) is 0 Å². The molecule has 3 aromatic carbocycles. The van der Waals surface area contributed by atoms with E-state index in [-0.39, 0.29) is 17.4 Å². The van der Waals surface area contributed by atoms with Gasteiger partial charge in [-0.15, -0.1) is 0 Å². The molecule has 0 bridgehead atoms. The van der Waals surface area contributed by atoms with Gasteiger partial charge in [0.05, 0.1) is 30.4 Å². The van der Waals surface area contributed by atoms with Crippen molar-refractivity contribution in [1.82, 2.24) is 0 Å². The molecule has 36 heavy (non-hydrogen) atoms. The second kappa shape index (κ2) is 10.2. The molecule has 7 nitrogen and oxygen atoms in total. The minimum Gasteiger partial charge on any atom is -0.507 e. The molecule has 1 atom stereocenters. The van der Waals surface area contributed by atoms with E-state index in [1.165, 1.54) is 12.0 Å². The zero-order chi connectivity index (χ0) is 26.0. The number of amides is 1. The molecule has 3 aromatic rings. The number of rotatable bonds is 7. The number of aliphatic hydroxyl groups is 1. The van der Waals surface area contributed by atoms with Crippen molar-refractivity contribution in [2.75, 3.05) is 31.0 Å². The number of hydrogen-bond acceptors (Lipinski definition) is 6. The largest absolute Gasteiger partial charge is 0.507 e. The number of methoxy groups -OCH3 is 1. The van der Waals surface area contributed by atoms with E-state index in [0.29, 0.717) is 28.3 Å². The van der Waals surface area contributed by atoms with Crippen LogP contribution in [0.4, 0.5) is 11.4 Å². The minimum absolute atomic E-state index is 0.00106. The van der Waals surface area contributed by atoms with Gasteiger partial charge in [0.1, 0.15) is 17.3 Å². The van der Waals surface area contributed by atoms with E-state index in [1.54, 1.807) is 48.5 Å². The van der Waals surface area contributed by atoms with Gasteiger partial charge >= 0.3 is 0 Å². The second-order valence-corrected chi connectivity index (χ2v) is 9.02. The highest BCUT2D eigenvalue weighted by Crippen LogP contribution is 2.43. The summed E-state index contributed by atoms with van der Waals surface area (Å²) in [6.07, 6.45) is 0.00106. The number of nitrogens with zero attached hydrogens (tertiary/aromatic N) is 2. The third-order valence-corrected chi connectivity index (χ3v) is 6.02. The lowest BCUT2D eigenvalue weighted by Crippen LogP contribution is -2.29. The van der Waals surface area contributed by atoms with Crippen LogP contribution < -0.4 is 19.3 Å². The van der Waals surface area contributed by atoms with Crippen LogP contribution in [-0.4, -0.2) is 44.1 Å². The van der Waals surface area contributed by atoms with Gasteiger partial charge in [-0.1, -0.05) is 24.3 Å². The normalized spacial score (nSPS) is 16.9.